The van der Waals surface area contributed by atoms with Crippen LogP contribution >= 0.6 is 0 Å². The van der Waals surface area contributed by atoms with Gasteiger partial charge in [0, 0.05) is 84.0 Å². The summed E-state index contributed by atoms with van der Waals surface area (Å²) < 4.78 is 11.4. The van der Waals surface area contributed by atoms with Gasteiger partial charge in [0.2, 0.25) is 0 Å². The standard InChI is InChI=1S/C22H40N4O3/c1-19(2)24-14-12-23(13-15-24)8-3-9-26-18-22(29-21(26)27)6-10-25(11-7-22)20-4-16-28-17-5-20/h19-20H,3-18H2,1-2H3. The second-order valence-corrected chi connectivity index (χ2v) is 9.68. The van der Waals surface area contributed by atoms with E-state index in [1.165, 1.54) is 0 Å². The summed E-state index contributed by atoms with van der Waals surface area (Å²) in [6, 6.07) is 1.30. The topological polar surface area (TPSA) is 48.5 Å². The Labute approximate surface area is 176 Å². The molecule has 0 unspecified atom stereocenters. The van der Waals surface area contributed by atoms with Crippen molar-refractivity contribution in [2.24, 2.45) is 0 Å². The molecule has 4 heterocycles. The van der Waals surface area contributed by atoms with Gasteiger partial charge in [-0.15, -0.1) is 0 Å². The number of carbonyl (C=O) groups is 1. The summed E-state index contributed by atoms with van der Waals surface area (Å²) in [5.74, 6) is 0. The summed E-state index contributed by atoms with van der Waals surface area (Å²) in [5, 5.41) is 0. The van der Waals surface area contributed by atoms with Gasteiger partial charge in [-0.1, -0.05) is 0 Å². The highest BCUT2D eigenvalue weighted by Gasteiger charge is 2.47. The van der Waals surface area contributed by atoms with E-state index in [-0.39, 0.29) is 11.7 Å². The molecule has 0 N–H and O–H groups in total. The smallest absolute Gasteiger partial charge is 0.410 e. The molecule has 4 saturated heterocycles. The fourth-order valence-electron chi connectivity index (χ4n) is 5.46. The normalized spacial score (nSPS) is 27.8. The third kappa shape index (κ3) is 5.24. The molecule has 0 aromatic heterocycles. The second kappa shape index (κ2) is 9.50. The summed E-state index contributed by atoms with van der Waals surface area (Å²) in [4.78, 5) is 22.1. The number of piperazine rings is 1. The van der Waals surface area contributed by atoms with E-state index in [1.54, 1.807) is 0 Å². The number of rotatable bonds is 6. The van der Waals surface area contributed by atoms with Crippen molar-refractivity contribution in [2.75, 3.05) is 72.1 Å². The molecule has 7 nitrogen and oxygen atoms in total. The third-order valence-electron chi connectivity index (χ3n) is 7.50. The van der Waals surface area contributed by atoms with Crippen molar-refractivity contribution in [1.29, 1.82) is 0 Å². The molecule has 4 rings (SSSR count). The van der Waals surface area contributed by atoms with Gasteiger partial charge in [-0.2, -0.15) is 0 Å². The van der Waals surface area contributed by atoms with Crippen LogP contribution in [0.2, 0.25) is 0 Å². The van der Waals surface area contributed by atoms with Crippen molar-refractivity contribution >= 4 is 6.09 Å². The Morgan fingerprint density at radius 1 is 1.00 bits per heavy atom. The molecule has 0 aliphatic carbocycles. The number of likely N-dealkylation sites (tertiary alicyclic amines) is 1. The molecule has 4 aliphatic rings. The van der Waals surface area contributed by atoms with Crippen LogP contribution in [0, 0.1) is 0 Å². The second-order valence-electron chi connectivity index (χ2n) is 9.68. The number of hydrogen-bond donors (Lipinski definition) is 0. The van der Waals surface area contributed by atoms with E-state index in [2.05, 4.69) is 28.5 Å². The highest BCUT2D eigenvalue weighted by molar-refractivity contribution is 5.70. The summed E-state index contributed by atoms with van der Waals surface area (Å²) in [7, 11) is 0. The van der Waals surface area contributed by atoms with Gasteiger partial charge in [-0.3, -0.25) is 9.80 Å². The Morgan fingerprint density at radius 3 is 2.34 bits per heavy atom. The molecule has 0 aromatic rings. The zero-order valence-corrected chi connectivity index (χ0v) is 18.5. The Morgan fingerprint density at radius 2 is 1.69 bits per heavy atom. The number of ether oxygens (including phenoxy) is 2. The molecule has 1 spiro atoms. The van der Waals surface area contributed by atoms with Crippen LogP contribution in [0.3, 0.4) is 0 Å². The zero-order chi connectivity index (χ0) is 20.3. The predicted molar refractivity (Wildman–Crippen MR) is 113 cm³/mol. The molecule has 0 saturated carbocycles. The molecule has 29 heavy (non-hydrogen) atoms. The lowest BCUT2D eigenvalue weighted by Crippen LogP contribution is -2.51. The number of nitrogens with zero attached hydrogens (tertiary/aromatic N) is 4. The van der Waals surface area contributed by atoms with Crippen molar-refractivity contribution in [3.8, 4) is 0 Å². The lowest BCUT2D eigenvalue weighted by molar-refractivity contribution is -0.0303. The largest absolute Gasteiger partial charge is 0.441 e. The molecule has 1 amide bonds. The van der Waals surface area contributed by atoms with E-state index in [0.29, 0.717) is 12.1 Å². The Balaban J connectivity index is 1.17. The SMILES string of the molecule is CC(C)N1CCN(CCCN2CC3(CCN(C4CCOCC4)CC3)OC2=O)CC1. The quantitative estimate of drug-likeness (QED) is 0.669. The summed E-state index contributed by atoms with van der Waals surface area (Å²) in [5.41, 5.74) is -0.234. The van der Waals surface area contributed by atoms with E-state index >= 15 is 0 Å². The zero-order valence-electron chi connectivity index (χ0n) is 18.5. The van der Waals surface area contributed by atoms with E-state index < -0.39 is 0 Å². The first kappa shape index (κ1) is 21.3. The van der Waals surface area contributed by atoms with Crippen LogP contribution in [0.25, 0.3) is 0 Å². The van der Waals surface area contributed by atoms with Crippen molar-refractivity contribution in [2.45, 2.75) is 63.6 Å². The first-order valence-electron chi connectivity index (χ1n) is 11.8. The van der Waals surface area contributed by atoms with Crippen LogP contribution in [0.5, 0.6) is 0 Å². The molecule has 166 valence electrons. The van der Waals surface area contributed by atoms with Gasteiger partial charge in [0.1, 0.15) is 5.60 Å². The van der Waals surface area contributed by atoms with Crippen molar-refractivity contribution in [3.05, 3.63) is 0 Å². The molecular weight excluding hydrogens is 368 g/mol. The van der Waals surface area contributed by atoms with Gasteiger partial charge < -0.3 is 19.3 Å². The molecule has 0 aromatic carbocycles. The van der Waals surface area contributed by atoms with Crippen molar-refractivity contribution in [3.63, 3.8) is 0 Å². The Kier molecular flexibility index (Phi) is 6.99. The Bertz CT molecular complexity index is 536. The van der Waals surface area contributed by atoms with E-state index in [4.69, 9.17) is 9.47 Å². The molecule has 4 fully saturated rings. The van der Waals surface area contributed by atoms with Crippen LogP contribution in [0.15, 0.2) is 0 Å². The first-order valence-corrected chi connectivity index (χ1v) is 11.8. The van der Waals surface area contributed by atoms with Crippen LogP contribution < -0.4 is 0 Å². The van der Waals surface area contributed by atoms with E-state index in [0.717, 1.165) is 104 Å². The molecule has 4 aliphatic heterocycles. The number of piperidine rings is 1. The maximum Gasteiger partial charge on any atom is 0.410 e. The predicted octanol–water partition coefficient (Wildman–Crippen LogP) is 1.87. The van der Waals surface area contributed by atoms with Crippen molar-refractivity contribution < 1.29 is 14.3 Å². The minimum absolute atomic E-state index is 0.0888. The van der Waals surface area contributed by atoms with Crippen molar-refractivity contribution in [1.82, 2.24) is 19.6 Å². The molecule has 7 heteroatoms. The average molecular weight is 409 g/mol. The molecule has 0 atom stereocenters. The minimum Gasteiger partial charge on any atom is -0.441 e. The number of amides is 1. The van der Waals surface area contributed by atoms with Gasteiger partial charge in [-0.05, 0) is 39.7 Å². The summed E-state index contributed by atoms with van der Waals surface area (Å²) in [6.45, 7) is 15.7. The summed E-state index contributed by atoms with van der Waals surface area (Å²) >= 11 is 0. The highest BCUT2D eigenvalue weighted by atomic mass is 16.6. The van der Waals surface area contributed by atoms with Crippen LogP contribution in [-0.2, 0) is 9.47 Å². The molecular formula is C22H40N4O3. The van der Waals surface area contributed by atoms with Gasteiger partial charge in [0.25, 0.3) is 0 Å². The van der Waals surface area contributed by atoms with Gasteiger partial charge in [0.15, 0.2) is 0 Å². The van der Waals surface area contributed by atoms with Crippen LogP contribution in [-0.4, -0.2) is 115 Å². The fourth-order valence-corrected chi connectivity index (χ4v) is 5.46. The van der Waals surface area contributed by atoms with Gasteiger partial charge in [-0.25, -0.2) is 4.79 Å². The Hall–Kier alpha value is -0.890. The molecule has 0 bridgehead atoms. The van der Waals surface area contributed by atoms with Crippen LogP contribution in [0.1, 0.15) is 46.0 Å². The number of carbonyl (C=O) groups excluding carboxylic acids is 1. The van der Waals surface area contributed by atoms with Gasteiger partial charge in [0.05, 0.1) is 6.54 Å². The number of hydrogen-bond acceptors (Lipinski definition) is 6. The monoisotopic (exact) mass is 408 g/mol. The molecule has 0 radical (unpaired) electrons. The highest BCUT2D eigenvalue weighted by Crippen LogP contribution is 2.34. The fraction of sp³-hybridized carbons (Fsp3) is 0.955. The van der Waals surface area contributed by atoms with E-state index in [1.807, 2.05) is 4.90 Å². The lowest BCUT2D eigenvalue weighted by Gasteiger charge is -2.42. The maximum absolute atomic E-state index is 12.5. The average Bonchev–Trinajstić information content (AvgIpc) is 3.04. The van der Waals surface area contributed by atoms with Gasteiger partial charge >= 0.3 is 6.09 Å². The lowest BCUT2D eigenvalue weighted by atomic mass is 9.89. The van der Waals surface area contributed by atoms with E-state index in [9.17, 15) is 4.79 Å². The van der Waals surface area contributed by atoms with Crippen LogP contribution in [0.4, 0.5) is 4.79 Å². The third-order valence-corrected chi connectivity index (χ3v) is 7.50. The minimum atomic E-state index is -0.234. The summed E-state index contributed by atoms with van der Waals surface area (Å²) in [6.07, 6.45) is 5.19. The first-order chi connectivity index (χ1) is 14.0. The maximum atomic E-state index is 12.5.